The monoisotopic (exact) mass is 303 g/mol. The molecule has 0 atom stereocenters. The van der Waals surface area contributed by atoms with Gasteiger partial charge in [0.1, 0.15) is 5.75 Å². The Morgan fingerprint density at radius 1 is 1.56 bits per heavy atom. The second-order valence-corrected chi connectivity index (χ2v) is 5.04. The maximum Gasteiger partial charge on any atom is 0.225 e. The highest BCUT2D eigenvalue weighted by Crippen LogP contribution is 2.27. The van der Waals surface area contributed by atoms with Gasteiger partial charge in [-0.1, -0.05) is 15.9 Å². The Hall–Kier alpha value is -0.680. The minimum absolute atomic E-state index is 0.00532. The SMILES string of the molecule is COc1ccc(Br)cc1NC(=O)CCSC. The van der Waals surface area contributed by atoms with Crippen LogP contribution in [0.3, 0.4) is 0 Å². The summed E-state index contributed by atoms with van der Waals surface area (Å²) < 4.78 is 6.08. The third-order valence-corrected chi connectivity index (χ3v) is 3.07. The van der Waals surface area contributed by atoms with Gasteiger partial charge in [-0.15, -0.1) is 0 Å². The zero-order chi connectivity index (χ0) is 12.0. The molecule has 1 rings (SSSR count). The first kappa shape index (κ1) is 13.4. The van der Waals surface area contributed by atoms with E-state index >= 15 is 0 Å². The smallest absolute Gasteiger partial charge is 0.225 e. The Balaban J connectivity index is 2.71. The number of benzene rings is 1. The lowest BCUT2D eigenvalue weighted by atomic mass is 10.3. The average Bonchev–Trinajstić information content (AvgIpc) is 2.27. The highest BCUT2D eigenvalue weighted by molar-refractivity contribution is 9.10. The van der Waals surface area contributed by atoms with Crippen molar-refractivity contribution in [1.82, 2.24) is 0 Å². The fourth-order valence-corrected chi connectivity index (χ4v) is 1.94. The van der Waals surface area contributed by atoms with Gasteiger partial charge >= 0.3 is 0 Å². The van der Waals surface area contributed by atoms with Crippen LogP contribution in [0.25, 0.3) is 0 Å². The molecule has 0 radical (unpaired) electrons. The second kappa shape index (κ2) is 6.81. The quantitative estimate of drug-likeness (QED) is 0.908. The number of amides is 1. The van der Waals surface area contributed by atoms with Crippen LogP contribution in [0.1, 0.15) is 6.42 Å². The summed E-state index contributed by atoms with van der Waals surface area (Å²) >= 11 is 5.01. The van der Waals surface area contributed by atoms with Crippen LogP contribution >= 0.6 is 27.7 Å². The van der Waals surface area contributed by atoms with E-state index in [1.807, 2.05) is 24.5 Å². The van der Waals surface area contributed by atoms with Gasteiger partial charge in [-0.05, 0) is 24.5 Å². The second-order valence-electron chi connectivity index (χ2n) is 3.14. The van der Waals surface area contributed by atoms with Crippen LogP contribution in [0.4, 0.5) is 5.69 Å². The van der Waals surface area contributed by atoms with E-state index in [2.05, 4.69) is 21.2 Å². The standard InChI is InChI=1S/C11H14BrNO2S/c1-15-10-4-3-8(12)7-9(10)13-11(14)5-6-16-2/h3-4,7H,5-6H2,1-2H3,(H,13,14). The molecule has 0 fully saturated rings. The predicted molar refractivity (Wildman–Crippen MR) is 72.3 cm³/mol. The van der Waals surface area contributed by atoms with Crippen molar-refractivity contribution < 1.29 is 9.53 Å². The van der Waals surface area contributed by atoms with E-state index in [1.165, 1.54) is 0 Å². The lowest BCUT2D eigenvalue weighted by Gasteiger charge is -2.10. The van der Waals surface area contributed by atoms with Crippen LogP contribution in [0.2, 0.25) is 0 Å². The van der Waals surface area contributed by atoms with Gasteiger partial charge in [0.2, 0.25) is 5.91 Å². The topological polar surface area (TPSA) is 38.3 Å². The zero-order valence-electron chi connectivity index (χ0n) is 9.25. The van der Waals surface area contributed by atoms with E-state index in [1.54, 1.807) is 18.9 Å². The molecule has 1 amide bonds. The molecule has 0 spiro atoms. The summed E-state index contributed by atoms with van der Waals surface area (Å²) in [6, 6.07) is 5.51. The summed E-state index contributed by atoms with van der Waals surface area (Å²) in [5, 5.41) is 2.83. The van der Waals surface area contributed by atoms with Gasteiger partial charge < -0.3 is 10.1 Å². The molecular formula is C11H14BrNO2S. The first-order valence-electron chi connectivity index (χ1n) is 4.79. The molecule has 1 N–H and O–H groups in total. The van der Waals surface area contributed by atoms with Crippen molar-refractivity contribution in [3.63, 3.8) is 0 Å². The number of methoxy groups -OCH3 is 1. The largest absolute Gasteiger partial charge is 0.495 e. The number of halogens is 1. The number of carbonyl (C=O) groups is 1. The van der Waals surface area contributed by atoms with Gasteiger partial charge in [0.15, 0.2) is 0 Å². The number of thioether (sulfide) groups is 1. The number of rotatable bonds is 5. The Kier molecular flexibility index (Phi) is 5.69. The highest BCUT2D eigenvalue weighted by atomic mass is 79.9. The van der Waals surface area contributed by atoms with Crippen LogP contribution in [0, 0.1) is 0 Å². The molecule has 0 bridgehead atoms. The Bertz CT molecular complexity index is 371. The number of nitrogens with one attached hydrogen (secondary N) is 1. The molecule has 0 aromatic heterocycles. The lowest BCUT2D eigenvalue weighted by molar-refractivity contribution is -0.115. The number of ether oxygens (including phenoxy) is 1. The van der Waals surface area contributed by atoms with Gasteiger partial charge in [0.25, 0.3) is 0 Å². The van der Waals surface area contributed by atoms with Gasteiger partial charge in [0.05, 0.1) is 12.8 Å². The first-order chi connectivity index (χ1) is 7.67. The van der Waals surface area contributed by atoms with E-state index in [0.29, 0.717) is 17.9 Å². The minimum Gasteiger partial charge on any atom is -0.495 e. The normalized spacial score (nSPS) is 9.94. The molecule has 5 heteroatoms. The molecule has 0 saturated heterocycles. The summed E-state index contributed by atoms with van der Waals surface area (Å²) in [5.74, 6) is 1.49. The van der Waals surface area contributed by atoms with Gasteiger partial charge in [-0.3, -0.25) is 4.79 Å². The van der Waals surface area contributed by atoms with E-state index in [-0.39, 0.29) is 5.91 Å². The molecular weight excluding hydrogens is 290 g/mol. The summed E-state index contributed by atoms with van der Waals surface area (Å²) in [4.78, 5) is 11.6. The first-order valence-corrected chi connectivity index (χ1v) is 6.98. The van der Waals surface area contributed by atoms with E-state index in [0.717, 1.165) is 10.2 Å². The number of carbonyl (C=O) groups excluding carboxylic acids is 1. The van der Waals surface area contributed by atoms with Gasteiger partial charge in [-0.25, -0.2) is 0 Å². The average molecular weight is 304 g/mol. The van der Waals surface area contributed by atoms with Crippen molar-refractivity contribution in [3.05, 3.63) is 22.7 Å². The molecule has 0 heterocycles. The summed E-state index contributed by atoms with van der Waals surface area (Å²) in [5.41, 5.74) is 0.697. The van der Waals surface area contributed by atoms with Crippen LogP contribution in [-0.4, -0.2) is 25.0 Å². The molecule has 0 unspecified atom stereocenters. The maximum atomic E-state index is 11.6. The van der Waals surface area contributed by atoms with Crippen LogP contribution in [-0.2, 0) is 4.79 Å². The number of hydrogen-bond donors (Lipinski definition) is 1. The van der Waals surface area contributed by atoms with Crippen LogP contribution in [0.15, 0.2) is 22.7 Å². The van der Waals surface area contributed by atoms with Crippen LogP contribution in [0.5, 0.6) is 5.75 Å². The highest BCUT2D eigenvalue weighted by Gasteiger charge is 2.07. The van der Waals surface area contributed by atoms with E-state index < -0.39 is 0 Å². The molecule has 0 aliphatic heterocycles. The van der Waals surface area contributed by atoms with Crippen molar-refractivity contribution >= 4 is 39.3 Å². The van der Waals surface area contributed by atoms with Gasteiger partial charge in [0, 0.05) is 16.6 Å². The zero-order valence-corrected chi connectivity index (χ0v) is 11.7. The van der Waals surface area contributed by atoms with E-state index in [4.69, 9.17) is 4.74 Å². The van der Waals surface area contributed by atoms with Crippen molar-refractivity contribution in [3.8, 4) is 5.75 Å². The van der Waals surface area contributed by atoms with Crippen molar-refractivity contribution in [1.29, 1.82) is 0 Å². The minimum atomic E-state index is 0.00532. The Labute approximate surface area is 108 Å². The molecule has 16 heavy (non-hydrogen) atoms. The maximum absolute atomic E-state index is 11.6. The predicted octanol–water partition coefficient (Wildman–Crippen LogP) is 3.15. The summed E-state index contributed by atoms with van der Waals surface area (Å²) in [6.07, 6.45) is 2.49. The van der Waals surface area contributed by atoms with Crippen molar-refractivity contribution in [2.45, 2.75) is 6.42 Å². The molecule has 3 nitrogen and oxygen atoms in total. The van der Waals surface area contributed by atoms with E-state index in [9.17, 15) is 4.79 Å². The molecule has 1 aromatic carbocycles. The van der Waals surface area contributed by atoms with Crippen molar-refractivity contribution in [2.75, 3.05) is 24.4 Å². The van der Waals surface area contributed by atoms with Gasteiger partial charge in [-0.2, -0.15) is 11.8 Å². The fraction of sp³-hybridized carbons (Fsp3) is 0.364. The summed E-state index contributed by atoms with van der Waals surface area (Å²) in [7, 11) is 1.58. The lowest BCUT2D eigenvalue weighted by Crippen LogP contribution is -2.12. The Morgan fingerprint density at radius 2 is 2.31 bits per heavy atom. The van der Waals surface area contributed by atoms with Crippen molar-refractivity contribution in [2.24, 2.45) is 0 Å². The molecule has 0 aliphatic carbocycles. The third-order valence-electron chi connectivity index (χ3n) is 1.97. The molecule has 88 valence electrons. The number of anilines is 1. The summed E-state index contributed by atoms with van der Waals surface area (Å²) in [6.45, 7) is 0. The molecule has 1 aromatic rings. The van der Waals surface area contributed by atoms with Crippen LogP contribution < -0.4 is 10.1 Å². The fourth-order valence-electron chi connectivity index (χ4n) is 1.19. The Morgan fingerprint density at radius 3 is 2.94 bits per heavy atom. The third kappa shape index (κ3) is 4.06. The molecule has 0 saturated carbocycles. The number of hydrogen-bond acceptors (Lipinski definition) is 3. The molecule has 0 aliphatic rings.